The lowest BCUT2D eigenvalue weighted by molar-refractivity contribution is 0.0936. The van der Waals surface area contributed by atoms with Gasteiger partial charge in [0.15, 0.2) is 0 Å². The molecule has 3 N–H and O–H groups in total. The zero-order valence-electron chi connectivity index (χ0n) is 13.4. The number of sulfonamides is 1. The Morgan fingerprint density at radius 2 is 1.84 bits per heavy atom. The van der Waals surface area contributed by atoms with Crippen molar-refractivity contribution in [3.8, 4) is 5.75 Å². The molecular formula is C16H16F2N2O4S. The Labute approximate surface area is 143 Å². The molecule has 0 radical (unpaired) electrons. The van der Waals surface area contributed by atoms with Crippen LogP contribution in [0.1, 0.15) is 28.9 Å². The Kier molecular flexibility index (Phi) is 5.27. The third-order valence-corrected chi connectivity index (χ3v) is 3.92. The highest BCUT2D eigenvalue weighted by Gasteiger charge is 2.18. The number of nitrogens with one attached hydrogen (secondary N) is 2. The minimum atomic E-state index is -3.53. The number of aromatic hydroxyl groups is 1. The Hall–Kier alpha value is -2.68. The van der Waals surface area contributed by atoms with E-state index < -0.39 is 39.4 Å². The van der Waals surface area contributed by atoms with Gasteiger partial charge in [0.2, 0.25) is 10.0 Å². The van der Waals surface area contributed by atoms with E-state index in [2.05, 4.69) is 10.0 Å². The van der Waals surface area contributed by atoms with Gasteiger partial charge in [0.05, 0.1) is 23.5 Å². The van der Waals surface area contributed by atoms with E-state index in [1.807, 2.05) is 0 Å². The van der Waals surface area contributed by atoms with Crippen molar-refractivity contribution in [3.63, 3.8) is 0 Å². The smallest absolute Gasteiger partial charge is 0.255 e. The van der Waals surface area contributed by atoms with Gasteiger partial charge >= 0.3 is 0 Å². The van der Waals surface area contributed by atoms with Crippen molar-refractivity contribution < 1.29 is 27.1 Å². The van der Waals surface area contributed by atoms with E-state index in [1.165, 1.54) is 19.1 Å². The number of halogens is 2. The third-order valence-electron chi connectivity index (χ3n) is 3.32. The zero-order valence-corrected chi connectivity index (χ0v) is 14.2. The van der Waals surface area contributed by atoms with Gasteiger partial charge in [-0.15, -0.1) is 0 Å². The number of rotatable bonds is 5. The normalized spacial score (nSPS) is 12.5. The maximum atomic E-state index is 13.7. The van der Waals surface area contributed by atoms with E-state index in [1.54, 1.807) is 0 Å². The van der Waals surface area contributed by atoms with Crippen LogP contribution in [0.4, 0.5) is 14.5 Å². The number of amides is 1. The van der Waals surface area contributed by atoms with Gasteiger partial charge in [-0.25, -0.2) is 17.2 Å². The van der Waals surface area contributed by atoms with E-state index in [4.69, 9.17) is 0 Å². The van der Waals surface area contributed by atoms with Gasteiger partial charge in [0, 0.05) is 11.6 Å². The van der Waals surface area contributed by atoms with Crippen molar-refractivity contribution in [2.24, 2.45) is 0 Å². The fourth-order valence-corrected chi connectivity index (χ4v) is 2.75. The molecule has 25 heavy (non-hydrogen) atoms. The fourth-order valence-electron chi connectivity index (χ4n) is 2.20. The molecule has 0 heterocycles. The summed E-state index contributed by atoms with van der Waals surface area (Å²) in [5.41, 5.74) is -0.0910. The summed E-state index contributed by atoms with van der Waals surface area (Å²) in [5.74, 6) is -2.50. The van der Waals surface area contributed by atoms with E-state index in [-0.39, 0.29) is 16.8 Å². The molecule has 1 atom stereocenters. The molecule has 0 aliphatic rings. The summed E-state index contributed by atoms with van der Waals surface area (Å²) < 4.78 is 51.4. The fraction of sp³-hybridized carbons (Fsp3) is 0.188. The number of anilines is 1. The Morgan fingerprint density at radius 3 is 2.44 bits per heavy atom. The molecule has 2 aromatic carbocycles. The van der Waals surface area contributed by atoms with Gasteiger partial charge < -0.3 is 10.4 Å². The minimum Gasteiger partial charge on any atom is -0.507 e. The van der Waals surface area contributed by atoms with Crippen LogP contribution in [-0.4, -0.2) is 25.7 Å². The van der Waals surface area contributed by atoms with E-state index in [9.17, 15) is 27.1 Å². The molecule has 0 saturated heterocycles. The van der Waals surface area contributed by atoms with Gasteiger partial charge in [0.25, 0.3) is 5.91 Å². The summed E-state index contributed by atoms with van der Waals surface area (Å²) in [6.45, 7) is 1.46. The number of carbonyl (C=O) groups excluding carboxylic acids is 1. The van der Waals surface area contributed by atoms with Gasteiger partial charge in [0.1, 0.15) is 17.4 Å². The summed E-state index contributed by atoms with van der Waals surface area (Å²) in [7, 11) is -3.53. The second kappa shape index (κ2) is 7.06. The Bertz CT molecular complexity index is 916. The third kappa shape index (κ3) is 4.90. The molecule has 0 fully saturated rings. The number of hydrogen-bond acceptors (Lipinski definition) is 4. The number of phenols is 1. The quantitative estimate of drug-likeness (QED) is 0.754. The topological polar surface area (TPSA) is 95.5 Å². The second-order valence-electron chi connectivity index (χ2n) is 5.47. The lowest BCUT2D eigenvalue weighted by atomic mass is 10.1. The molecule has 6 nitrogen and oxygen atoms in total. The van der Waals surface area contributed by atoms with Crippen molar-refractivity contribution in [2.75, 3.05) is 11.0 Å². The summed E-state index contributed by atoms with van der Waals surface area (Å²) in [6, 6.07) is 5.62. The molecule has 2 rings (SSSR count). The Balaban J connectivity index is 2.19. The zero-order chi connectivity index (χ0) is 18.8. The van der Waals surface area contributed by atoms with Crippen LogP contribution in [0.2, 0.25) is 0 Å². The highest BCUT2D eigenvalue weighted by atomic mass is 32.2. The van der Waals surface area contributed by atoms with Crippen molar-refractivity contribution in [3.05, 3.63) is 59.2 Å². The average Bonchev–Trinajstić information content (AvgIpc) is 2.47. The van der Waals surface area contributed by atoms with Crippen LogP contribution in [0.5, 0.6) is 5.75 Å². The summed E-state index contributed by atoms with van der Waals surface area (Å²) >= 11 is 0. The standard InChI is InChI=1S/C16H16F2N2O4S/c1-9(13-7-10(17)3-6-14(13)18)19-16(22)12-5-4-11(8-15(12)21)20-25(2,23)24/h3-9,20-21H,1-2H3,(H,19,22)/t9-/m1/s1. The van der Waals surface area contributed by atoms with Gasteiger partial charge in [-0.05, 0) is 37.3 Å². The van der Waals surface area contributed by atoms with E-state index >= 15 is 0 Å². The maximum absolute atomic E-state index is 13.7. The first kappa shape index (κ1) is 18.7. The molecule has 0 aromatic heterocycles. The predicted octanol–water partition coefficient (Wildman–Crippen LogP) is 2.53. The summed E-state index contributed by atoms with van der Waals surface area (Å²) in [4.78, 5) is 12.2. The maximum Gasteiger partial charge on any atom is 0.255 e. The van der Waals surface area contributed by atoms with Crippen LogP contribution >= 0.6 is 0 Å². The molecule has 0 saturated carbocycles. The first-order valence-corrected chi connectivity index (χ1v) is 9.02. The molecule has 0 aliphatic carbocycles. The first-order valence-electron chi connectivity index (χ1n) is 7.13. The molecule has 134 valence electrons. The molecule has 9 heteroatoms. The SMILES string of the molecule is C[C@@H](NC(=O)c1ccc(NS(C)(=O)=O)cc1O)c1cc(F)ccc1F. The molecule has 0 unspecified atom stereocenters. The van der Waals surface area contributed by atoms with Crippen LogP contribution in [0, 0.1) is 11.6 Å². The van der Waals surface area contributed by atoms with Gasteiger partial charge in [-0.2, -0.15) is 0 Å². The van der Waals surface area contributed by atoms with Crippen molar-refractivity contribution in [1.82, 2.24) is 5.32 Å². The van der Waals surface area contributed by atoms with E-state index in [0.29, 0.717) is 0 Å². The van der Waals surface area contributed by atoms with Crippen LogP contribution in [0.25, 0.3) is 0 Å². The van der Waals surface area contributed by atoms with Crippen LogP contribution in [-0.2, 0) is 10.0 Å². The van der Waals surface area contributed by atoms with E-state index in [0.717, 1.165) is 30.5 Å². The molecule has 2 aromatic rings. The van der Waals surface area contributed by atoms with Crippen molar-refractivity contribution in [2.45, 2.75) is 13.0 Å². The monoisotopic (exact) mass is 370 g/mol. The highest BCUT2D eigenvalue weighted by Crippen LogP contribution is 2.24. The molecular weight excluding hydrogens is 354 g/mol. The summed E-state index contributed by atoms with van der Waals surface area (Å²) in [5, 5.41) is 12.4. The minimum absolute atomic E-state index is 0.0387. The summed E-state index contributed by atoms with van der Waals surface area (Å²) in [6.07, 6.45) is 0.944. The van der Waals surface area contributed by atoms with Crippen LogP contribution < -0.4 is 10.0 Å². The lowest BCUT2D eigenvalue weighted by Gasteiger charge is -2.16. The lowest BCUT2D eigenvalue weighted by Crippen LogP contribution is -2.27. The number of benzene rings is 2. The number of carbonyl (C=O) groups is 1. The van der Waals surface area contributed by atoms with Crippen molar-refractivity contribution >= 4 is 21.6 Å². The largest absolute Gasteiger partial charge is 0.507 e. The molecule has 1 amide bonds. The van der Waals surface area contributed by atoms with Crippen LogP contribution in [0.15, 0.2) is 36.4 Å². The molecule has 0 spiro atoms. The van der Waals surface area contributed by atoms with Gasteiger partial charge in [-0.3, -0.25) is 9.52 Å². The number of phenolic OH excluding ortho intramolecular Hbond substituents is 1. The molecule has 0 aliphatic heterocycles. The van der Waals surface area contributed by atoms with Crippen molar-refractivity contribution in [1.29, 1.82) is 0 Å². The van der Waals surface area contributed by atoms with Gasteiger partial charge in [-0.1, -0.05) is 0 Å². The first-order chi connectivity index (χ1) is 11.6. The molecule has 0 bridgehead atoms. The Morgan fingerprint density at radius 1 is 1.16 bits per heavy atom. The predicted molar refractivity (Wildman–Crippen MR) is 88.8 cm³/mol. The average molecular weight is 370 g/mol. The number of hydrogen-bond donors (Lipinski definition) is 3. The second-order valence-corrected chi connectivity index (χ2v) is 7.22. The highest BCUT2D eigenvalue weighted by molar-refractivity contribution is 7.92. The van der Waals surface area contributed by atoms with Crippen LogP contribution in [0.3, 0.4) is 0 Å².